The topological polar surface area (TPSA) is 108 Å². The van der Waals surface area contributed by atoms with Crippen LogP contribution in [0.1, 0.15) is 213 Å². The molecule has 61 heavy (non-hydrogen) atoms. The predicted octanol–water partition coefficient (Wildman–Crippen LogP) is 14.6. The van der Waals surface area contributed by atoms with Crippen molar-refractivity contribution in [3.05, 3.63) is 48.6 Å². The normalized spacial score (nSPS) is 13.9. The second-order valence-electron chi connectivity index (χ2n) is 17.9. The van der Waals surface area contributed by atoms with Crippen LogP contribution in [-0.4, -0.2) is 74.9 Å². The van der Waals surface area contributed by atoms with E-state index < -0.39 is 32.5 Å². The van der Waals surface area contributed by atoms with Crippen LogP contribution in [-0.2, 0) is 32.7 Å². The van der Waals surface area contributed by atoms with E-state index in [1.165, 1.54) is 122 Å². The molecule has 0 radical (unpaired) electrons. The van der Waals surface area contributed by atoms with E-state index in [-0.39, 0.29) is 26.1 Å². The maximum absolute atomic E-state index is 12.7. The minimum absolute atomic E-state index is 0.0263. The number of phosphoric acid groups is 1. The second-order valence-corrected chi connectivity index (χ2v) is 19.3. The Kier molecular flexibility index (Phi) is 41.8. The fraction of sp³-hybridized carbons (Fsp3) is 0.804. The summed E-state index contributed by atoms with van der Waals surface area (Å²) in [4.78, 5) is 35.5. The summed E-state index contributed by atoms with van der Waals surface area (Å²) in [7, 11) is 1.46. The van der Waals surface area contributed by atoms with E-state index in [4.69, 9.17) is 18.5 Å². The zero-order valence-corrected chi connectivity index (χ0v) is 41.0. The molecule has 0 saturated heterocycles. The molecule has 9 nitrogen and oxygen atoms in total. The van der Waals surface area contributed by atoms with Crippen LogP contribution in [0.2, 0.25) is 0 Å². The summed E-state index contributed by atoms with van der Waals surface area (Å²) < 4.78 is 34.4. The highest BCUT2D eigenvalue weighted by Gasteiger charge is 2.27. The number of carbonyl (C=O) groups is 2. The fourth-order valence-electron chi connectivity index (χ4n) is 6.70. The van der Waals surface area contributed by atoms with E-state index in [0.717, 1.165) is 51.4 Å². The van der Waals surface area contributed by atoms with Gasteiger partial charge < -0.3 is 18.9 Å². The molecule has 0 aromatic rings. The Bertz CT molecular complexity index is 1180. The fourth-order valence-corrected chi connectivity index (χ4v) is 7.45. The smallest absolute Gasteiger partial charge is 0.462 e. The van der Waals surface area contributed by atoms with E-state index in [0.29, 0.717) is 23.9 Å². The Balaban J connectivity index is 4.33. The summed E-state index contributed by atoms with van der Waals surface area (Å²) in [5, 5.41) is 0. The van der Waals surface area contributed by atoms with E-state index in [9.17, 15) is 19.0 Å². The van der Waals surface area contributed by atoms with Crippen LogP contribution in [0.5, 0.6) is 0 Å². The first kappa shape index (κ1) is 59.0. The zero-order valence-electron chi connectivity index (χ0n) is 40.1. The summed E-state index contributed by atoms with van der Waals surface area (Å²) in [6.45, 7) is 4.38. The van der Waals surface area contributed by atoms with Gasteiger partial charge in [0, 0.05) is 12.8 Å². The van der Waals surface area contributed by atoms with Gasteiger partial charge in [-0.25, -0.2) is 4.57 Å². The molecule has 1 unspecified atom stereocenters. The van der Waals surface area contributed by atoms with Crippen molar-refractivity contribution in [2.45, 2.75) is 219 Å². The molecule has 0 saturated carbocycles. The predicted molar refractivity (Wildman–Crippen MR) is 257 cm³/mol. The third-order valence-electron chi connectivity index (χ3n) is 10.6. The van der Waals surface area contributed by atoms with Crippen molar-refractivity contribution in [2.24, 2.45) is 0 Å². The van der Waals surface area contributed by atoms with Crippen LogP contribution in [0, 0.1) is 0 Å². The average Bonchev–Trinajstić information content (AvgIpc) is 3.21. The molecule has 0 fully saturated rings. The number of likely N-dealkylation sites (N-methyl/N-ethyl adjacent to an activating group) is 1. The maximum Gasteiger partial charge on any atom is 0.472 e. The van der Waals surface area contributed by atoms with Crippen molar-refractivity contribution < 1.29 is 42.1 Å². The molecule has 0 aliphatic rings. The molecule has 0 bridgehead atoms. The molecule has 0 heterocycles. The van der Waals surface area contributed by atoms with E-state index in [1.807, 2.05) is 21.1 Å². The van der Waals surface area contributed by atoms with Gasteiger partial charge in [-0.3, -0.25) is 18.6 Å². The van der Waals surface area contributed by atoms with Crippen LogP contribution in [0.4, 0.5) is 0 Å². The Morgan fingerprint density at radius 2 is 0.885 bits per heavy atom. The highest BCUT2D eigenvalue weighted by molar-refractivity contribution is 7.47. The van der Waals surface area contributed by atoms with Crippen LogP contribution < -0.4 is 0 Å². The van der Waals surface area contributed by atoms with Gasteiger partial charge in [0.2, 0.25) is 0 Å². The maximum atomic E-state index is 12.7. The summed E-state index contributed by atoms with van der Waals surface area (Å²) >= 11 is 0. The number of hydrogen-bond acceptors (Lipinski definition) is 7. The number of allylic oxidation sites excluding steroid dienone is 8. The van der Waals surface area contributed by atoms with Crippen molar-refractivity contribution in [2.75, 3.05) is 47.5 Å². The van der Waals surface area contributed by atoms with Crippen LogP contribution in [0.25, 0.3) is 0 Å². The highest BCUT2D eigenvalue weighted by atomic mass is 31.2. The van der Waals surface area contributed by atoms with Crippen LogP contribution in [0.15, 0.2) is 48.6 Å². The Morgan fingerprint density at radius 1 is 0.508 bits per heavy atom. The first-order valence-electron chi connectivity index (χ1n) is 24.9. The average molecular weight is 881 g/mol. The molecular formula is C51H95NO8P+. The molecule has 1 N–H and O–H groups in total. The van der Waals surface area contributed by atoms with E-state index in [1.54, 1.807) is 0 Å². The summed E-state index contributed by atoms with van der Waals surface area (Å²) in [5.74, 6) is -0.828. The van der Waals surface area contributed by atoms with Crippen LogP contribution in [0.3, 0.4) is 0 Å². The van der Waals surface area contributed by atoms with E-state index in [2.05, 4.69) is 62.5 Å². The first-order chi connectivity index (χ1) is 29.5. The number of nitrogens with zero attached hydrogens (tertiary/aromatic N) is 1. The van der Waals surface area contributed by atoms with Crippen molar-refractivity contribution in [1.29, 1.82) is 0 Å². The summed E-state index contributed by atoms with van der Waals surface area (Å²) in [5.41, 5.74) is 0. The molecule has 10 heteroatoms. The molecule has 0 aromatic carbocycles. The minimum atomic E-state index is -4.39. The third kappa shape index (κ3) is 47.3. The standard InChI is InChI=1S/C51H94NO8P/c1-6-8-10-12-14-16-18-20-22-24-26-28-29-31-33-35-37-39-41-43-50(53)57-47-49(48-59-61(55,56)58-46-45-52(3,4)5)60-51(54)44-42-40-38-36-34-32-30-27-25-23-21-19-17-15-13-11-9-7-2/h14,16,20,22,26,28,31,33,49H,6-13,15,17-19,21,23-25,27,29-30,32,34-48H2,1-5H3/p+1/b16-14+,22-20+,28-26+,33-31+/t49-/m1/s1. The van der Waals surface area contributed by atoms with Gasteiger partial charge in [-0.1, -0.05) is 191 Å². The molecular weight excluding hydrogens is 786 g/mol. The Labute approximate surface area is 375 Å². The van der Waals surface area contributed by atoms with Crippen molar-refractivity contribution in [1.82, 2.24) is 0 Å². The highest BCUT2D eigenvalue weighted by Crippen LogP contribution is 2.43. The van der Waals surface area contributed by atoms with Crippen molar-refractivity contribution >= 4 is 19.8 Å². The summed E-state index contributed by atoms with van der Waals surface area (Å²) in [6.07, 6.45) is 51.6. The largest absolute Gasteiger partial charge is 0.472 e. The van der Waals surface area contributed by atoms with E-state index >= 15 is 0 Å². The lowest BCUT2D eigenvalue weighted by Gasteiger charge is -2.24. The molecule has 0 amide bonds. The monoisotopic (exact) mass is 881 g/mol. The lowest BCUT2D eigenvalue weighted by atomic mass is 10.0. The van der Waals surface area contributed by atoms with Gasteiger partial charge in [0.15, 0.2) is 6.10 Å². The van der Waals surface area contributed by atoms with Crippen LogP contribution >= 0.6 is 7.82 Å². The van der Waals surface area contributed by atoms with Gasteiger partial charge in [-0.2, -0.15) is 0 Å². The first-order valence-corrected chi connectivity index (χ1v) is 26.4. The SMILES string of the molecule is CCCCC/C=C/C/C=C/C/C=C/C/C=C/CCCCCC(=O)OC[C@H](COP(=O)(O)OCC[N+](C)(C)C)OC(=O)CCCCCCCCCCCCCCCCCCCC. The van der Waals surface area contributed by atoms with Gasteiger partial charge in [0.1, 0.15) is 19.8 Å². The molecule has 0 spiro atoms. The van der Waals surface area contributed by atoms with Gasteiger partial charge >= 0.3 is 19.8 Å². The zero-order chi connectivity index (χ0) is 45.0. The third-order valence-corrected chi connectivity index (χ3v) is 11.6. The quantitative estimate of drug-likeness (QED) is 0.0212. The molecule has 0 aliphatic carbocycles. The van der Waals surface area contributed by atoms with Gasteiger partial charge in [0.05, 0.1) is 27.7 Å². The Morgan fingerprint density at radius 3 is 1.34 bits per heavy atom. The number of hydrogen-bond donors (Lipinski definition) is 1. The number of carbonyl (C=O) groups excluding carboxylic acids is 2. The Hall–Kier alpha value is -2.03. The molecule has 0 rings (SSSR count). The number of quaternary nitrogens is 1. The number of unbranched alkanes of at least 4 members (excludes halogenated alkanes) is 23. The number of phosphoric ester groups is 1. The molecule has 0 aromatic heterocycles. The lowest BCUT2D eigenvalue weighted by Crippen LogP contribution is -2.37. The molecule has 0 aliphatic heterocycles. The number of ether oxygens (including phenoxy) is 2. The van der Waals surface area contributed by atoms with Crippen molar-refractivity contribution in [3.8, 4) is 0 Å². The summed E-state index contributed by atoms with van der Waals surface area (Å²) in [6, 6.07) is 0. The number of rotatable bonds is 45. The molecule has 356 valence electrons. The lowest BCUT2D eigenvalue weighted by molar-refractivity contribution is -0.870. The van der Waals surface area contributed by atoms with Gasteiger partial charge in [-0.15, -0.1) is 0 Å². The molecule has 2 atom stereocenters. The minimum Gasteiger partial charge on any atom is -0.462 e. The second kappa shape index (κ2) is 43.2. The number of esters is 2. The van der Waals surface area contributed by atoms with Crippen molar-refractivity contribution in [3.63, 3.8) is 0 Å². The van der Waals surface area contributed by atoms with Gasteiger partial charge in [-0.05, 0) is 57.8 Å². The van der Waals surface area contributed by atoms with Gasteiger partial charge in [0.25, 0.3) is 0 Å².